The van der Waals surface area contributed by atoms with E-state index >= 15 is 0 Å². The number of rotatable bonds is 4. The molecule has 0 unspecified atom stereocenters. The molecular formula is C19H18O2. The normalized spacial score (nSPS) is 11.0. The van der Waals surface area contributed by atoms with E-state index in [9.17, 15) is 4.79 Å². The van der Waals surface area contributed by atoms with Gasteiger partial charge in [-0.15, -0.1) is 0 Å². The molecule has 0 N–H and O–H groups in total. The maximum absolute atomic E-state index is 12.5. The zero-order valence-electron chi connectivity index (χ0n) is 12.3. The monoisotopic (exact) mass is 278 g/mol. The minimum Gasteiger partial charge on any atom is -0.453 e. The first-order valence-electron chi connectivity index (χ1n) is 7.31. The van der Waals surface area contributed by atoms with Crippen molar-refractivity contribution in [1.82, 2.24) is 0 Å². The second-order valence-corrected chi connectivity index (χ2v) is 5.43. The molecule has 0 saturated heterocycles. The molecule has 106 valence electrons. The van der Waals surface area contributed by atoms with Crippen molar-refractivity contribution >= 4 is 16.8 Å². The first-order valence-corrected chi connectivity index (χ1v) is 7.31. The first-order chi connectivity index (χ1) is 10.2. The Kier molecular flexibility index (Phi) is 3.61. The Labute approximate surface area is 124 Å². The maximum atomic E-state index is 12.5. The van der Waals surface area contributed by atoms with E-state index in [-0.39, 0.29) is 5.78 Å². The van der Waals surface area contributed by atoms with Crippen molar-refractivity contribution in [3.05, 3.63) is 71.0 Å². The minimum absolute atomic E-state index is 0.0631. The quantitative estimate of drug-likeness (QED) is 0.634. The van der Waals surface area contributed by atoms with E-state index in [1.807, 2.05) is 55.5 Å². The van der Waals surface area contributed by atoms with Crippen LogP contribution in [0.2, 0.25) is 0 Å². The third kappa shape index (κ3) is 2.75. The third-order valence-corrected chi connectivity index (χ3v) is 3.65. The second-order valence-electron chi connectivity index (χ2n) is 5.43. The van der Waals surface area contributed by atoms with Crippen molar-refractivity contribution in [2.75, 3.05) is 0 Å². The fourth-order valence-corrected chi connectivity index (χ4v) is 2.53. The van der Waals surface area contributed by atoms with Crippen molar-refractivity contribution in [3.63, 3.8) is 0 Å². The molecule has 0 atom stereocenters. The van der Waals surface area contributed by atoms with Gasteiger partial charge in [0.2, 0.25) is 5.78 Å². The molecule has 0 spiro atoms. The van der Waals surface area contributed by atoms with Gasteiger partial charge in [0.15, 0.2) is 5.76 Å². The van der Waals surface area contributed by atoms with Crippen LogP contribution in [-0.4, -0.2) is 5.78 Å². The van der Waals surface area contributed by atoms with Gasteiger partial charge in [-0.05, 0) is 37.1 Å². The van der Waals surface area contributed by atoms with Gasteiger partial charge in [0.25, 0.3) is 0 Å². The van der Waals surface area contributed by atoms with E-state index in [2.05, 4.69) is 6.92 Å². The number of benzene rings is 2. The smallest absolute Gasteiger partial charge is 0.228 e. The predicted octanol–water partition coefficient (Wildman–Crippen LogP) is 4.92. The van der Waals surface area contributed by atoms with Crippen LogP contribution in [0.4, 0.5) is 0 Å². The van der Waals surface area contributed by atoms with Crippen molar-refractivity contribution in [3.8, 4) is 0 Å². The Morgan fingerprint density at radius 1 is 1.05 bits per heavy atom. The first kappa shape index (κ1) is 13.6. The Balaban J connectivity index is 1.92. The van der Waals surface area contributed by atoms with Gasteiger partial charge in [-0.25, -0.2) is 0 Å². The van der Waals surface area contributed by atoms with Crippen LogP contribution in [0.3, 0.4) is 0 Å². The Morgan fingerprint density at radius 3 is 2.52 bits per heavy atom. The third-order valence-electron chi connectivity index (χ3n) is 3.65. The van der Waals surface area contributed by atoms with Gasteiger partial charge in [0, 0.05) is 10.9 Å². The van der Waals surface area contributed by atoms with E-state index in [1.54, 1.807) is 0 Å². The summed E-state index contributed by atoms with van der Waals surface area (Å²) in [4.78, 5) is 12.5. The van der Waals surface area contributed by atoms with E-state index in [1.165, 1.54) is 5.56 Å². The van der Waals surface area contributed by atoms with Crippen LogP contribution in [0.1, 0.15) is 40.6 Å². The van der Waals surface area contributed by atoms with Crippen LogP contribution in [-0.2, 0) is 6.42 Å². The number of fused-ring (bicyclic) bond motifs is 1. The van der Waals surface area contributed by atoms with E-state index in [0.717, 1.165) is 29.4 Å². The lowest BCUT2D eigenvalue weighted by molar-refractivity contribution is 0.101. The Bertz CT molecular complexity index is 779. The van der Waals surface area contributed by atoms with Crippen LogP contribution in [0, 0.1) is 6.92 Å². The number of ketones is 1. The molecule has 0 saturated carbocycles. The summed E-state index contributed by atoms with van der Waals surface area (Å²) in [7, 11) is 0. The van der Waals surface area contributed by atoms with Gasteiger partial charge in [-0.3, -0.25) is 4.79 Å². The number of carbonyl (C=O) groups is 1. The van der Waals surface area contributed by atoms with Gasteiger partial charge < -0.3 is 4.42 Å². The van der Waals surface area contributed by atoms with Gasteiger partial charge >= 0.3 is 0 Å². The highest BCUT2D eigenvalue weighted by atomic mass is 16.3. The highest BCUT2D eigenvalue weighted by Crippen LogP contribution is 2.22. The molecule has 2 heteroatoms. The maximum Gasteiger partial charge on any atom is 0.228 e. The second kappa shape index (κ2) is 5.57. The highest BCUT2D eigenvalue weighted by molar-refractivity contribution is 6.09. The highest BCUT2D eigenvalue weighted by Gasteiger charge is 2.14. The summed E-state index contributed by atoms with van der Waals surface area (Å²) in [6.45, 7) is 4.18. The number of hydrogen-bond acceptors (Lipinski definition) is 2. The molecule has 2 nitrogen and oxygen atoms in total. The topological polar surface area (TPSA) is 30.2 Å². The summed E-state index contributed by atoms with van der Waals surface area (Å²) in [6, 6.07) is 15.5. The molecule has 0 aliphatic heterocycles. The molecule has 2 aromatic carbocycles. The Hall–Kier alpha value is -2.35. The van der Waals surface area contributed by atoms with Gasteiger partial charge in [-0.1, -0.05) is 49.2 Å². The van der Waals surface area contributed by atoms with Crippen molar-refractivity contribution in [1.29, 1.82) is 0 Å². The lowest BCUT2D eigenvalue weighted by Crippen LogP contribution is -1.99. The molecule has 0 bridgehead atoms. The number of furan rings is 1. The summed E-state index contributed by atoms with van der Waals surface area (Å²) in [6.07, 6.45) is 2.15. The SMILES string of the molecule is CCCc1ccc(C(=O)c2cc3cc(C)ccc3o2)cc1. The number of carbonyl (C=O) groups excluding carboxylic acids is 1. The van der Waals surface area contributed by atoms with E-state index in [0.29, 0.717) is 11.3 Å². The average Bonchev–Trinajstić information content (AvgIpc) is 2.90. The zero-order valence-corrected chi connectivity index (χ0v) is 12.3. The lowest BCUT2D eigenvalue weighted by atomic mass is 10.0. The fourth-order valence-electron chi connectivity index (χ4n) is 2.53. The molecule has 0 aliphatic carbocycles. The summed E-state index contributed by atoms with van der Waals surface area (Å²) >= 11 is 0. The number of aryl methyl sites for hydroxylation is 2. The molecule has 0 aliphatic rings. The Morgan fingerprint density at radius 2 is 1.81 bits per heavy atom. The molecule has 0 radical (unpaired) electrons. The summed E-state index contributed by atoms with van der Waals surface area (Å²) in [5.74, 6) is 0.339. The van der Waals surface area contributed by atoms with Crippen molar-refractivity contribution < 1.29 is 9.21 Å². The van der Waals surface area contributed by atoms with Crippen LogP contribution < -0.4 is 0 Å². The fraction of sp³-hybridized carbons (Fsp3) is 0.211. The molecule has 1 heterocycles. The average molecular weight is 278 g/mol. The zero-order chi connectivity index (χ0) is 14.8. The molecule has 21 heavy (non-hydrogen) atoms. The molecule has 3 aromatic rings. The standard InChI is InChI=1S/C19H18O2/c1-3-4-14-6-8-15(9-7-14)19(20)18-12-16-11-13(2)5-10-17(16)21-18/h5-12H,3-4H2,1-2H3. The van der Waals surface area contributed by atoms with Crippen LogP contribution in [0.15, 0.2) is 52.9 Å². The predicted molar refractivity (Wildman–Crippen MR) is 84.8 cm³/mol. The minimum atomic E-state index is -0.0631. The van der Waals surface area contributed by atoms with Gasteiger partial charge in [0.05, 0.1) is 0 Å². The summed E-state index contributed by atoms with van der Waals surface area (Å²) in [5, 5.41) is 0.973. The van der Waals surface area contributed by atoms with Crippen molar-refractivity contribution in [2.24, 2.45) is 0 Å². The molecule has 0 fully saturated rings. The largest absolute Gasteiger partial charge is 0.453 e. The van der Waals surface area contributed by atoms with Crippen LogP contribution in [0.5, 0.6) is 0 Å². The number of hydrogen-bond donors (Lipinski definition) is 0. The summed E-state index contributed by atoms with van der Waals surface area (Å²) < 4.78 is 5.67. The lowest BCUT2D eigenvalue weighted by Gasteiger charge is -2.01. The van der Waals surface area contributed by atoms with E-state index < -0.39 is 0 Å². The van der Waals surface area contributed by atoms with Gasteiger partial charge in [0.1, 0.15) is 5.58 Å². The van der Waals surface area contributed by atoms with E-state index in [4.69, 9.17) is 4.42 Å². The molecule has 1 aromatic heterocycles. The van der Waals surface area contributed by atoms with Crippen LogP contribution in [0.25, 0.3) is 11.0 Å². The molecule has 0 amide bonds. The summed E-state index contributed by atoms with van der Waals surface area (Å²) in [5.41, 5.74) is 3.85. The molecule has 3 rings (SSSR count). The molecular weight excluding hydrogens is 260 g/mol. The van der Waals surface area contributed by atoms with Gasteiger partial charge in [-0.2, -0.15) is 0 Å². The van der Waals surface area contributed by atoms with Crippen molar-refractivity contribution in [2.45, 2.75) is 26.7 Å². The van der Waals surface area contributed by atoms with Crippen LogP contribution >= 0.6 is 0 Å².